The van der Waals surface area contributed by atoms with Crippen LogP contribution in [0.25, 0.3) is 5.70 Å². The molecule has 0 radical (unpaired) electrons. The molecule has 0 unspecified atom stereocenters. The minimum absolute atomic E-state index is 0.0757. The molecule has 32 heavy (non-hydrogen) atoms. The van der Waals surface area contributed by atoms with E-state index < -0.39 is 15.9 Å². The number of nitrogens with one attached hydrogen (secondary N) is 3. The number of carbonyl (C=O) groups excluding carboxylic acids is 1. The summed E-state index contributed by atoms with van der Waals surface area (Å²) in [6.45, 7) is 3.90. The number of nitrogens with zero attached hydrogens (tertiary/aromatic N) is 2. The lowest BCUT2D eigenvalue weighted by atomic mass is 10.2. The van der Waals surface area contributed by atoms with Crippen molar-refractivity contribution < 1.29 is 27.4 Å². The van der Waals surface area contributed by atoms with Gasteiger partial charge in [-0.05, 0) is 19.9 Å². The van der Waals surface area contributed by atoms with E-state index in [-0.39, 0.29) is 28.1 Å². The van der Waals surface area contributed by atoms with E-state index in [9.17, 15) is 13.2 Å². The Hall–Kier alpha value is -3.16. The van der Waals surface area contributed by atoms with Crippen molar-refractivity contribution >= 4 is 38.7 Å². The maximum Gasteiger partial charge on any atom is 0.291 e. The number of aromatic nitrogens is 2. The maximum atomic E-state index is 12.9. The Kier molecular flexibility index (Phi) is 7.33. The summed E-state index contributed by atoms with van der Waals surface area (Å²) in [5.74, 6) is -0.276. The van der Waals surface area contributed by atoms with Gasteiger partial charge in [-0.15, -0.1) is 11.3 Å². The summed E-state index contributed by atoms with van der Waals surface area (Å²) in [5.41, 5.74) is 1.50. The van der Waals surface area contributed by atoms with Crippen LogP contribution in [0.1, 0.15) is 16.3 Å². The zero-order valence-electron chi connectivity index (χ0n) is 17.9. The van der Waals surface area contributed by atoms with Crippen LogP contribution < -0.4 is 20.1 Å². The highest BCUT2D eigenvalue weighted by molar-refractivity contribution is 7.94. The fourth-order valence-electron chi connectivity index (χ4n) is 2.76. The summed E-state index contributed by atoms with van der Waals surface area (Å²) in [7, 11) is -0.991. The van der Waals surface area contributed by atoms with Gasteiger partial charge < -0.3 is 24.8 Å². The minimum Gasteiger partial charge on any atom is -0.484 e. The Morgan fingerprint density at radius 1 is 1.16 bits per heavy atom. The molecule has 0 fully saturated rings. The number of anilines is 1. The molecule has 2 aromatic rings. The number of ether oxygens (including phenoxy) is 3. The first kappa shape index (κ1) is 23.5. The first-order chi connectivity index (χ1) is 15.2. The van der Waals surface area contributed by atoms with Crippen LogP contribution in [0.3, 0.4) is 0 Å². The van der Waals surface area contributed by atoms with Crippen molar-refractivity contribution in [1.29, 1.82) is 0 Å². The van der Waals surface area contributed by atoms with Crippen LogP contribution in [0.4, 0.5) is 5.69 Å². The van der Waals surface area contributed by atoms with Gasteiger partial charge >= 0.3 is 0 Å². The third-order valence-corrected chi connectivity index (χ3v) is 7.23. The van der Waals surface area contributed by atoms with E-state index in [1.807, 2.05) is 0 Å². The second kappa shape index (κ2) is 9.97. The van der Waals surface area contributed by atoms with E-state index in [0.717, 1.165) is 11.3 Å². The lowest BCUT2D eigenvalue weighted by Gasteiger charge is -2.13. The zero-order chi connectivity index (χ0) is 23.3. The molecule has 13 heteroatoms. The molecular formula is C19H23N5O6S2. The van der Waals surface area contributed by atoms with Gasteiger partial charge in [0, 0.05) is 31.3 Å². The van der Waals surface area contributed by atoms with Crippen molar-refractivity contribution in [3.63, 3.8) is 0 Å². The lowest BCUT2D eigenvalue weighted by molar-refractivity contribution is -0.120. The first-order valence-electron chi connectivity index (χ1n) is 9.36. The Balaban J connectivity index is 1.88. The molecule has 3 heterocycles. The molecule has 0 saturated carbocycles. The molecule has 0 spiro atoms. The topological polar surface area (TPSA) is 141 Å². The van der Waals surface area contributed by atoms with Gasteiger partial charge in [0.05, 0.1) is 30.1 Å². The number of aryl methyl sites for hydroxylation is 2. The normalized spacial score (nSPS) is 13.9. The summed E-state index contributed by atoms with van der Waals surface area (Å²) in [4.78, 5) is 20.5. The molecule has 3 rings (SSSR count). The van der Waals surface area contributed by atoms with Gasteiger partial charge in [0.2, 0.25) is 11.6 Å². The van der Waals surface area contributed by atoms with Crippen LogP contribution in [0.2, 0.25) is 0 Å². The summed E-state index contributed by atoms with van der Waals surface area (Å²) in [6, 6.07) is 1.54. The van der Waals surface area contributed by atoms with Crippen molar-refractivity contribution in [2.75, 3.05) is 32.2 Å². The number of thiazole rings is 1. The first-order valence-corrected chi connectivity index (χ1v) is 11.7. The molecule has 11 nitrogen and oxygen atoms in total. The number of amides is 1. The van der Waals surface area contributed by atoms with Crippen LogP contribution in [-0.4, -0.2) is 51.7 Å². The number of hydrogen-bond acceptors (Lipinski definition) is 10. The fraction of sp³-hybridized carbons (Fsp3) is 0.316. The Morgan fingerprint density at radius 2 is 1.94 bits per heavy atom. The minimum atomic E-state index is -3.91. The average molecular weight is 482 g/mol. The molecule has 0 aromatic carbocycles. The lowest BCUT2D eigenvalue weighted by Crippen LogP contribution is -2.21. The summed E-state index contributed by atoms with van der Waals surface area (Å²) in [6.07, 6.45) is 4.32. The van der Waals surface area contributed by atoms with Gasteiger partial charge in [0.15, 0.2) is 4.21 Å². The van der Waals surface area contributed by atoms with Crippen molar-refractivity contribution in [1.82, 2.24) is 20.6 Å². The Bertz CT molecular complexity index is 1170. The molecule has 0 atom stereocenters. The van der Waals surface area contributed by atoms with Gasteiger partial charge in [0.25, 0.3) is 15.9 Å². The van der Waals surface area contributed by atoms with Crippen molar-refractivity contribution in [2.24, 2.45) is 0 Å². The average Bonchev–Trinajstić information content (AvgIpc) is 2.99. The molecule has 2 aromatic heterocycles. The van der Waals surface area contributed by atoms with Crippen LogP contribution in [0.15, 0.2) is 34.6 Å². The SMILES string of the molecule is COCCOC1=CNC(c2cnc(OC)c(NS(=O)(=O)c3sc(C)nc3C)c2)=CNC1=O. The highest BCUT2D eigenvalue weighted by Crippen LogP contribution is 2.30. The van der Waals surface area contributed by atoms with Crippen molar-refractivity contribution in [2.45, 2.75) is 18.1 Å². The molecule has 0 aliphatic carbocycles. The van der Waals surface area contributed by atoms with Gasteiger partial charge in [0.1, 0.15) is 12.3 Å². The Morgan fingerprint density at radius 3 is 2.59 bits per heavy atom. The van der Waals surface area contributed by atoms with Gasteiger partial charge in [-0.25, -0.2) is 18.4 Å². The number of pyridine rings is 1. The standard InChI is InChI=1S/C19H23N5O6S2/c1-11-19(31-12(2)23-11)32(26,27)24-14-7-13(8-22-18(14)29-4)15-9-21-17(25)16(10-20-15)30-6-5-28-3/h7-10,20,24H,5-6H2,1-4H3,(H,21,25). The number of rotatable bonds is 9. The molecular weight excluding hydrogens is 458 g/mol. The van der Waals surface area contributed by atoms with Crippen LogP contribution in [-0.2, 0) is 24.3 Å². The molecule has 172 valence electrons. The summed E-state index contributed by atoms with van der Waals surface area (Å²) >= 11 is 1.07. The number of carbonyl (C=O) groups is 1. The monoisotopic (exact) mass is 481 g/mol. The van der Waals surface area contributed by atoms with Crippen LogP contribution >= 0.6 is 11.3 Å². The van der Waals surface area contributed by atoms with E-state index in [4.69, 9.17) is 14.2 Å². The highest BCUT2D eigenvalue weighted by atomic mass is 32.2. The van der Waals surface area contributed by atoms with Gasteiger partial charge in [-0.1, -0.05) is 0 Å². The third-order valence-electron chi connectivity index (χ3n) is 4.18. The number of sulfonamides is 1. The summed E-state index contributed by atoms with van der Waals surface area (Å²) in [5, 5.41) is 6.20. The van der Waals surface area contributed by atoms with E-state index in [1.165, 1.54) is 32.8 Å². The predicted molar refractivity (Wildman–Crippen MR) is 118 cm³/mol. The number of hydrogen-bond donors (Lipinski definition) is 3. The number of methoxy groups -OCH3 is 2. The predicted octanol–water partition coefficient (Wildman–Crippen LogP) is 1.49. The molecule has 0 saturated heterocycles. The van der Waals surface area contributed by atoms with Crippen LogP contribution in [0, 0.1) is 13.8 Å². The van der Waals surface area contributed by atoms with Crippen LogP contribution in [0.5, 0.6) is 5.88 Å². The fourth-order valence-corrected chi connectivity index (χ4v) is 5.29. The van der Waals surface area contributed by atoms with E-state index in [1.54, 1.807) is 19.9 Å². The summed E-state index contributed by atoms with van der Waals surface area (Å²) < 4.78 is 44.0. The zero-order valence-corrected chi connectivity index (χ0v) is 19.5. The van der Waals surface area contributed by atoms with Gasteiger partial charge in [-0.2, -0.15) is 0 Å². The van der Waals surface area contributed by atoms with Crippen molar-refractivity contribution in [3.8, 4) is 5.88 Å². The molecule has 3 N–H and O–H groups in total. The molecule has 1 aliphatic heterocycles. The smallest absolute Gasteiger partial charge is 0.291 e. The van der Waals surface area contributed by atoms with E-state index >= 15 is 0 Å². The molecule has 1 aliphatic rings. The highest BCUT2D eigenvalue weighted by Gasteiger charge is 2.24. The van der Waals surface area contributed by atoms with E-state index in [0.29, 0.717) is 28.6 Å². The molecule has 1 amide bonds. The quantitative estimate of drug-likeness (QED) is 0.454. The molecule has 0 bridgehead atoms. The third kappa shape index (κ3) is 5.36. The maximum absolute atomic E-state index is 12.9. The second-order valence-electron chi connectivity index (χ2n) is 6.52. The van der Waals surface area contributed by atoms with Gasteiger partial charge in [-0.3, -0.25) is 9.52 Å². The largest absolute Gasteiger partial charge is 0.484 e. The second-order valence-corrected chi connectivity index (χ2v) is 9.60. The van der Waals surface area contributed by atoms with Crippen molar-refractivity contribution in [3.05, 3.63) is 46.7 Å². The Labute approximate surface area is 189 Å². The van der Waals surface area contributed by atoms with E-state index in [2.05, 4.69) is 25.3 Å².